The van der Waals surface area contributed by atoms with Crippen LogP contribution in [0.2, 0.25) is 0 Å². The average molecular weight is 583 g/mol. The van der Waals surface area contributed by atoms with E-state index < -0.39 is 10.0 Å². The molecule has 2 fully saturated rings. The predicted molar refractivity (Wildman–Crippen MR) is 165 cm³/mol. The Balaban J connectivity index is 1.20. The van der Waals surface area contributed by atoms with Crippen LogP contribution in [-0.2, 0) is 17.1 Å². The molecular weight excluding hydrogens is 548 g/mol. The Morgan fingerprint density at radius 3 is 2.38 bits per heavy atom. The van der Waals surface area contributed by atoms with Gasteiger partial charge in [-0.2, -0.15) is 4.31 Å². The summed E-state index contributed by atoms with van der Waals surface area (Å²) in [7, 11) is -1.34. The molecule has 4 heterocycles. The first-order valence-electron chi connectivity index (χ1n) is 14.1. The number of aromatic nitrogens is 3. The van der Waals surface area contributed by atoms with Crippen LogP contribution in [0.5, 0.6) is 11.5 Å². The van der Waals surface area contributed by atoms with Gasteiger partial charge in [0, 0.05) is 56.2 Å². The van der Waals surface area contributed by atoms with E-state index in [1.807, 2.05) is 66.2 Å². The van der Waals surface area contributed by atoms with Crippen molar-refractivity contribution in [3.63, 3.8) is 0 Å². The maximum atomic E-state index is 12.3. The van der Waals surface area contributed by atoms with Crippen molar-refractivity contribution in [2.45, 2.75) is 25.8 Å². The molecule has 2 N–H and O–H groups in total. The number of hydrogen-bond donors (Lipinski definition) is 1. The molecular formula is C32H34N6O3S. The van der Waals surface area contributed by atoms with Crippen LogP contribution in [0.1, 0.15) is 25.5 Å². The minimum atomic E-state index is -3.30. The number of benzene rings is 2. The first kappa shape index (κ1) is 28.0. The van der Waals surface area contributed by atoms with Crippen molar-refractivity contribution in [2.75, 3.05) is 31.9 Å². The summed E-state index contributed by atoms with van der Waals surface area (Å²) in [6.45, 7) is 4.60. The molecule has 0 unspecified atom stereocenters. The normalized spacial score (nSPS) is 17.3. The van der Waals surface area contributed by atoms with Crippen LogP contribution >= 0.6 is 0 Å². The highest BCUT2D eigenvalue weighted by Gasteiger charge is 2.35. The summed E-state index contributed by atoms with van der Waals surface area (Å²) >= 11 is 0. The number of rotatable bonds is 6. The number of fused-ring (bicyclic) bond motifs is 1. The van der Waals surface area contributed by atoms with Crippen molar-refractivity contribution >= 4 is 26.9 Å². The van der Waals surface area contributed by atoms with E-state index in [4.69, 9.17) is 10.5 Å². The number of allylic oxidation sites excluding steroid dienone is 1. The van der Waals surface area contributed by atoms with Gasteiger partial charge in [-0.15, -0.1) is 0 Å². The number of nitrogens with two attached hydrogens (primary N) is 1. The number of aryl methyl sites for hydroxylation is 1. The summed E-state index contributed by atoms with van der Waals surface area (Å²) in [5.41, 5.74) is 9.82. The molecule has 0 spiro atoms. The predicted octanol–water partition coefficient (Wildman–Crippen LogP) is 4.62. The summed E-state index contributed by atoms with van der Waals surface area (Å²) in [5.74, 6) is 9.12. The number of likely N-dealkylation sites (tertiary alicyclic amines) is 1. The lowest BCUT2D eigenvalue weighted by molar-refractivity contribution is 0.0535. The molecule has 10 heteroatoms. The van der Waals surface area contributed by atoms with Gasteiger partial charge in [0.25, 0.3) is 0 Å². The van der Waals surface area contributed by atoms with E-state index in [1.54, 1.807) is 17.3 Å². The molecule has 0 aliphatic carbocycles. The number of piperidine rings is 1. The molecule has 4 aromatic rings. The van der Waals surface area contributed by atoms with Gasteiger partial charge in [0.05, 0.1) is 5.39 Å². The molecule has 6 rings (SSSR count). The van der Waals surface area contributed by atoms with E-state index in [9.17, 15) is 8.42 Å². The summed E-state index contributed by atoms with van der Waals surface area (Å²) in [5, 5.41) is 2.08. The van der Waals surface area contributed by atoms with Crippen LogP contribution < -0.4 is 10.5 Å². The molecule has 216 valence electrons. The van der Waals surface area contributed by atoms with Crippen molar-refractivity contribution in [1.82, 2.24) is 23.7 Å². The van der Waals surface area contributed by atoms with E-state index in [-0.39, 0.29) is 5.92 Å². The third-order valence-electron chi connectivity index (χ3n) is 8.03. The minimum absolute atomic E-state index is 0.241. The fraction of sp³-hybridized carbons (Fsp3) is 0.312. The van der Waals surface area contributed by atoms with Gasteiger partial charge in [-0.25, -0.2) is 18.4 Å². The maximum absolute atomic E-state index is 12.3. The Bertz CT molecular complexity index is 1780. The monoisotopic (exact) mass is 582 g/mol. The number of sulfonamides is 1. The fourth-order valence-electron chi connectivity index (χ4n) is 5.81. The first-order valence-corrected chi connectivity index (χ1v) is 15.6. The van der Waals surface area contributed by atoms with Crippen LogP contribution in [0.15, 0.2) is 72.4 Å². The molecule has 0 radical (unpaired) electrons. The van der Waals surface area contributed by atoms with Crippen LogP contribution in [0.25, 0.3) is 22.2 Å². The molecule has 0 bridgehead atoms. The largest absolute Gasteiger partial charge is 0.457 e. The number of nitrogen functional groups attached to an aromatic ring is 1. The molecule has 2 saturated heterocycles. The number of anilines is 1. The van der Waals surface area contributed by atoms with Crippen LogP contribution in [0.3, 0.4) is 0 Å². The first-order chi connectivity index (χ1) is 20.3. The average Bonchev–Trinajstić information content (AvgIpc) is 3.26. The van der Waals surface area contributed by atoms with E-state index in [2.05, 4.69) is 26.7 Å². The molecule has 2 aromatic heterocycles. The third kappa shape index (κ3) is 5.51. The van der Waals surface area contributed by atoms with Gasteiger partial charge in [0.1, 0.15) is 35.0 Å². The van der Waals surface area contributed by atoms with E-state index in [0.29, 0.717) is 24.9 Å². The highest BCUT2D eigenvalue weighted by Crippen LogP contribution is 2.37. The van der Waals surface area contributed by atoms with Gasteiger partial charge in [-0.3, -0.25) is 4.90 Å². The molecule has 2 aromatic carbocycles. The second kappa shape index (κ2) is 11.6. The lowest BCUT2D eigenvalue weighted by Crippen LogP contribution is -2.55. The van der Waals surface area contributed by atoms with E-state index in [0.717, 1.165) is 65.3 Å². The summed E-state index contributed by atoms with van der Waals surface area (Å²) in [6, 6.07) is 18.0. The van der Waals surface area contributed by atoms with Gasteiger partial charge in [0.2, 0.25) is 10.0 Å². The molecule has 0 atom stereocenters. The lowest BCUT2D eigenvalue weighted by Gasteiger charge is -2.45. The third-order valence-corrected chi connectivity index (χ3v) is 9.73. The Kier molecular flexibility index (Phi) is 7.73. The summed E-state index contributed by atoms with van der Waals surface area (Å²) in [4.78, 5) is 11.2. The smallest absolute Gasteiger partial charge is 0.235 e. The van der Waals surface area contributed by atoms with Gasteiger partial charge in [-0.1, -0.05) is 42.3 Å². The van der Waals surface area contributed by atoms with Crippen molar-refractivity contribution in [2.24, 2.45) is 13.0 Å². The summed E-state index contributed by atoms with van der Waals surface area (Å²) < 4.78 is 34.2. The molecule has 2 aliphatic heterocycles. The Morgan fingerprint density at radius 1 is 1.00 bits per heavy atom. The van der Waals surface area contributed by atoms with E-state index in [1.165, 1.54) is 11.7 Å². The molecule has 0 amide bonds. The van der Waals surface area contributed by atoms with E-state index >= 15 is 0 Å². The molecule has 0 saturated carbocycles. The van der Waals surface area contributed by atoms with Gasteiger partial charge in [0.15, 0.2) is 0 Å². The quantitative estimate of drug-likeness (QED) is 0.331. The molecule has 2 aliphatic rings. The van der Waals surface area contributed by atoms with Crippen LogP contribution in [-0.4, -0.2) is 64.4 Å². The minimum Gasteiger partial charge on any atom is -0.457 e. The molecule has 42 heavy (non-hydrogen) atoms. The zero-order chi connectivity index (χ0) is 29.3. The fourth-order valence-corrected chi connectivity index (χ4v) is 7.05. The number of para-hydroxylation sites is 1. The highest BCUT2D eigenvalue weighted by atomic mass is 32.2. The zero-order valence-electron chi connectivity index (χ0n) is 23.8. The maximum Gasteiger partial charge on any atom is 0.235 e. The van der Waals surface area contributed by atoms with Gasteiger partial charge < -0.3 is 15.0 Å². The number of ether oxygens (including phenoxy) is 1. The van der Waals surface area contributed by atoms with Gasteiger partial charge in [-0.05, 0) is 55.5 Å². The number of hydrogen-bond acceptors (Lipinski definition) is 7. The van der Waals surface area contributed by atoms with Crippen molar-refractivity contribution in [1.29, 1.82) is 0 Å². The van der Waals surface area contributed by atoms with Crippen molar-refractivity contribution < 1.29 is 13.2 Å². The summed E-state index contributed by atoms with van der Waals surface area (Å²) in [6.07, 6.45) is 4.74. The van der Waals surface area contributed by atoms with Crippen LogP contribution in [0, 0.1) is 17.8 Å². The Labute approximate surface area is 246 Å². The van der Waals surface area contributed by atoms with Crippen LogP contribution in [0.4, 0.5) is 5.82 Å². The van der Waals surface area contributed by atoms with Crippen molar-refractivity contribution in [3.05, 3.63) is 78.1 Å². The zero-order valence-corrected chi connectivity index (χ0v) is 24.6. The second-order valence-corrected chi connectivity index (χ2v) is 12.6. The second-order valence-electron chi connectivity index (χ2n) is 10.7. The SMILES string of the molecule is C/C=C/S(=O)(=O)N1CCC(N2CC(C#Cc3c(-c4ccc(Oc5ccccc5)cc4)c4c(N)ncnc4n3C)C2)CC1. The molecule has 9 nitrogen and oxygen atoms in total. The van der Waals surface area contributed by atoms with Gasteiger partial charge >= 0.3 is 0 Å². The standard InChI is InChI=1S/C32H34N6O3S/c1-3-19-42(39,40)38-17-15-25(16-18-38)37-20-23(21-37)9-14-28-29(30-31(33)34-22-35-32(30)36(28)2)24-10-12-27(13-11-24)41-26-7-5-4-6-8-26/h3-8,10-13,19,22-23,25H,15-18,20-21H2,1-2H3,(H2,33,34,35)/b19-3+. The lowest BCUT2D eigenvalue weighted by atomic mass is 9.94. The highest BCUT2D eigenvalue weighted by molar-refractivity contribution is 7.92. The number of nitrogens with zero attached hydrogens (tertiary/aromatic N) is 5. The Morgan fingerprint density at radius 2 is 1.69 bits per heavy atom. The topological polar surface area (TPSA) is 107 Å². The Hall–Kier alpha value is -4.17. The van der Waals surface area contributed by atoms with Crippen molar-refractivity contribution in [3.8, 4) is 34.5 Å².